The van der Waals surface area contributed by atoms with Gasteiger partial charge in [-0.2, -0.15) is 0 Å². The van der Waals surface area contributed by atoms with Gasteiger partial charge in [0.2, 0.25) is 0 Å². The normalized spacial score (nSPS) is 11.5. The summed E-state index contributed by atoms with van der Waals surface area (Å²) in [6.45, 7) is 4.24. The second-order valence-corrected chi connectivity index (χ2v) is 6.56. The van der Waals surface area contributed by atoms with E-state index in [2.05, 4.69) is 0 Å². The van der Waals surface area contributed by atoms with Gasteiger partial charge in [-0.3, -0.25) is 0 Å². The number of rotatable bonds is 5. The Labute approximate surface area is 103 Å². The zero-order valence-corrected chi connectivity index (χ0v) is 11.3. The van der Waals surface area contributed by atoms with Gasteiger partial charge in [-0.05, 0) is 43.5 Å². The molecule has 0 unspecified atom stereocenters. The maximum atomic E-state index is 10.9. The molecule has 0 saturated heterocycles. The van der Waals surface area contributed by atoms with Crippen molar-refractivity contribution < 1.29 is 13.2 Å². The highest BCUT2D eigenvalue weighted by Gasteiger charge is 2.04. The molecular formula is C12H19NO3S. The Morgan fingerprint density at radius 1 is 1.24 bits per heavy atom. The average Bonchev–Trinajstić information content (AvgIpc) is 2.19. The molecule has 0 radical (unpaired) electrons. The van der Waals surface area contributed by atoms with Gasteiger partial charge >= 0.3 is 0 Å². The molecule has 0 aliphatic rings. The summed E-state index contributed by atoms with van der Waals surface area (Å²) in [7, 11) is -2.90. The van der Waals surface area contributed by atoms with Crippen LogP contribution in [0, 0.1) is 13.8 Å². The second-order valence-electron chi connectivity index (χ2n) is 4.30. The summed E-state index contributed by atoms with van der Waals surface area (Å²) in [5.41, 5.74) is 8.55. The Morgan fingerprint density at radius 3 is 2.24 bits per heavy atom. The molecule has 0 amide bonds. The van der Waals surface area contributed by atoms with E-state index in [1.165, 1.54) is 6.26 Å². The lowest BCUT2D eigenvalue weighted by Gasteiger charge is -2.10. The number of sulfone groups is 1. The molecule has 0 spiro atoms. The molecule has 0 bridgehead atoms. The minimum Gasteiger partial charge on any atom is -0.494 e. The fraction of sp³-hybridized carbons (Fsp3) is 0.500. The highest BCUT2D eigenvalue weighted by Crippen LogP contribution is 2.23. The fourth-order valence-corrected chi connectivity index (χ4v) is 2.17. The van der Waals surface area contributed by atoms with Crippen molar-refractivity contribution in [3.63, 3.8) is 0 Å². The first-order valence-electron chi connectivity index (χ1n) is 5.47. The van der Waals surface area contributed by atoms with E-state index in [0.717, 1.165) is 22.6 Å². The molecule has 0 aliphatic carbocycles. The monoisotopic (exact) mass is 257 g/mol. The Bertz CT molecular complexity index is 471. The first-order valence-corrected chi connectivity index (χ1v) is 7.53. The average molecular weight is 257 g/mol. The largest absolute Gasteiger partial charge is 0.494 e. The van der Waals surface area contributed by atoms with Crippen molar-refractivity contribution in [2.24, 2.45) is 0 Å². The molecule has 0 aliphatic heterocycles. The molecule has 96 valence electrons. The van der Waals surface area contributed by atoms with Crippen molar-refractivity contribution in [2.75, 3.05) is 24.3 Å². The number of benzene rings is 1. The van der Waals surface area contributed by atoms with Gasteiger partial charge < -0.3 is 10.5 Å². The summed E-state index contributed by atoms with van der Waals surface area (Å²) in [6, 6.07) is 3.73. The molecule has 2 N–H and O–H groups in total. The van der Waals surface area contributed by atoms with E-state index in [-0.39, 0.29) is 5.75 Å². The molecule has 1 aromatic rings. The van der Waals surface area contributed by atoms with Gasteiger partial charge in [0.25, 0.3) is 0 Å². The molecule has 1 aromatic carbocycles. The third-order valence-electron chi connectivity index (χ3n) is 2.50. The van der Waals surface area contributed by atoms with Crippen LogP contribution in [0.25, 0.3) is 0 Å². The molecule has 17 heavy (non-hydrogen) atoms. The molecule has 0 heterocycles. The van der Waals surface area contributed by atoms with E-state index < -0.39 is 9.84 Å². The predicted molar refractivity (Wildman–Crippen MR) is 70.2 cm³/mol. The zero-order chi connectivity index (χ0) is 13.1. The maximum absolute atomic E-state index is 10.9. The van der Waals surface area contributed by atoms with Crippen LogP contribution >= 0.6 is 0 Å². The van der Waals surface area contributed by atoms with Gasteiger partial charge in [0.1, 0.15) is 15.6 Å². The standard InChI is InChI=1S/C12H19NO3S/c1-9-7-11(8-10(2)12(9)13)16-5-4-6-17(3,14)15/h7-8H,4-6,13H2,1-3H3. The van der Waals surface area contributed by atoms with Crippen LogP contribution < -0.4 is 10.5 Å². The van der Waals surface area contributed by atoms with Crippen LogP contribution in [0.3, 0.4) is 0 Å². The first kappa shape index (κ1) is 13.8. The molecule has 1 rings (SSSR count). The summed E-state index contributed by atoms with van der Waals surface area (Å²) >= 11 is 0. The van der Waals surface area contributed by atoms with E-state index >= 15 is 0 Å². The Morgan fingerprint density at radius 2 is 1.76 bits per heavy atom. The SMILES string of the molecule is Cc1cc(OCCCS(C)(=O)=O)cc(C)c1N. The van der Waals surface area contributed by atoms with Gasteiger partial charge in [-0.15, -0.1) is 0 Å². The Balaban J connectivity index is 2.53. The Hall–Kier alpha value is -1.23. The number of aryl methyl sites for hydroxylation is 2. The van der Waals surface area contributed by atoms with Gasteiger partial charge in [-0.1, -0.05) is 0 Å². The van der Waals surface area contributed by atoms with Gasteiger partial charge in [-0.25, -0.2) is 8.42 Å². The third-order valence-corrected chi connectivity index (χ3v) is 3.53. The summed E-state index contributed by atoms with van der Waals surface area (Å²) in [6.07, 6.45) is 1.73. The topological polar surface area (TPSA) is 69.4 Å². The maximum Gasteiger partial charge on any atom is 0.147 e. The minimum absolute atomic E-state index is 0.153. The van der Waals surface area contributed by atoms with E-state index in [9.17, 15) is 8.42 Å². The van der Waals surface area contributed by atoms with Crippen molar-refractivity contribution in [3.05, 3.63) is 23.3 Å². The van der Waals surface area contributed by atoms with Crippen molar-refractivity contribution in [1.29, 1.82) is 0 Å². The number of ether oxygens (including phenoxy) is 1. The number of hydrogen-bond donors (Lipinski definition) is 1. The smallest absolute Gasteiger partial charge is 0.147 e. The summed E-state index contributed by atoms with van der Waals surface area (Å²) in [5, 5.41) is 0. The summed E-state index contributed by atoms with van der Waals surface area (Å²) < 4.78 is 27.3. The van der Waals surface area contributed by atoms with E-state index in [0.29, 0.717) is 13.0 Å². The zero-order valence-electron chi connectivity index (χ0n) is 10.5. The summed E-state index contributed by atoms with van der Waals surface area (Å²) in [4.78, 5) is 0. The highest BCUT2D eigenvalue weighted by molar-refractivity contribution is 7.90. The van der Waals surface area contributed by atoms with Crippen LogP contribution in [-0.4, -0.2) is 27.0 Å². The molecule has 0 saturated carbocycles. The molecule has 0 aromatic heterocycles. The fourth-order valence-electron chi connectivity index (χ4n) is 1.53. The third kappa shape index (κ3) is 4.65. The van der Waals surface area contributed by atoms with E-state index in [1.807, 2.05) is 26.0 Å². The second kappa shape index (κ2) is 5.40. The predicted octanol–water partition coefficient (Wildman–Crippen LogP) is 1.70. The van der Waals surface area contributed by atoms with Crippen molar-refractivity contribution in [3.8, 4) is 5.75 Å². The minimum atomic E-state index is -2.90. The lowest BCUT2D eigenvalue weighted by molar-refractivity contribution is 0.317. The van der Waals surface area contributed by atoms with E-state index in [4.69, 9.17) is 10.5 Å². The van der Waals surface area contributed by atoms with Crippen LogP contribution in [0.4, 0.5) is 5.69 Å². The number of nitrogen functional groups attached to an aromatic ring is 1. The van der Waals surface area contributed by atoms with Crippen molar-refractivity contribution >= 4 is 15.5 Å². The molecule has 0 fully saturated rings. The number of nitrogens with two attached hydrogens (primary N) is 1. The summed E-state index contributed by atoms with van der Waals surface area (Å²) in [5.74, 6) is 0.891. The number of anilines is 1. The Kier molecular flexibility index (Phi) is 4.40. The molecule has 4 nitrogen and oxygen atoms in total. The lowest BCUT2D eigenvalue weighted by Crippen LogP contribution is -2.08. The molecule has 0 atom stereocenters. The molecule has 5 heteroatoms. The van der Waals surface area contributed by atoms with Crippen LogP contribution in [0.5, 0.6) is 5.75 Å². The van der Waals surface area contributed by atoms with Crippen LogP contribution in [0.1, 0.15) is 17.5 Å². The van der Waals surface area contributed by atoms with Crippen LogP contribution in [0.15, 0.2) is 12.1 Å². The van der Waals surface area contributed by atoms with Gasteiger partial charge in [0.15, 0.2) is 0 Å². The van der Waals surface area contributed by atoms with E-state index in [1.54, 1.807) is 0 Å². The highest BCUT2D eigenvalue weighted by atomic mass is 32.2. The van der Waals surface area contributed by atoms with Crippen molar-refractivity contribution in [1.82, 2.24) is 0 Å². The first-order chi connectivity index (χ1) is 7.79. The van der Waals surface area contributed by atoms with Gasteiger partial charge in [0.05, 0.1) is 12.4 Å². The van der Waals surface area contributed by atoms with Crippen LogP contribution in [0.2, 0.25) is 0 Å². The van der Waals surface area contributed by atoms with Crippen LogP contribution in [-0.2, 0) is 9.84 Å². The van der Waals surface area contributed by atoms with Gasteiger partial charge in [0, 0.05) is 11.9 Å². The molecular weight excluding hydrogens is 238 g/mol. The lowest BCUT2D eigenvalue weighted by atomic mass is 10.1. The quantitative estimate of drug-likeness (QED) is 0.644. The number of hydrogen-bond acceptors (Lipinski definition) is 4. The van der Waals surface area contributed by atoms with Crippen molar-refractivity contribution in [2.45, 2.75) is 20.3 Å².